The Balaban J connectivity index is 1.57. The Morgan fingerprint density at radius 3 is 2.48 bits per heavy atom. The molecule has 4 rings (SSSR count). The molecule has 29 heavy (non-hydrogen) atoms. The molecule has 0 aromatic heterocycles. The molecule has 1 atom stereocenters. The molecule has 2 aromatic carbocycles. The van der Waals surface area contributed by atoms with Gasteiger partial charge in [-0.05, 0) is 73.8 Å². The summed E-state index contributed by atoms with van der Waals surface area (Å²) in [6, 6.07) is 11.5. The Kier molecular flexibility index (Phi) is 5.90. The van der Waals surface area contributed by atoms with Gasteiger partial charge in [-0.25, -0.2) is 17.5 Å². The summed E-state index contributed by atoms with van der Waals surface area (Å²) in [6.45, 7) is 3.26. The molecule has 0 aliphatic carbocycles. The maximum absolute atomic E-state index is 13.2. The van der Waals surface area contributed by atoms with E-state index in [0.717, 1.165) is 44.5 Å². The third-order valence-electron chi connectivity index (χ3n) is 6.04. The summed E-state index contributed by atoms with van der Waals surface area (Å²) in [4.78, 5) is 4.73. The summed E-state index contributed by atoms with van der Waals surface area (Å²) in [7, 11) is -1.59. The first-order valence-corrected chi connectivity index (χ1v) is 11.8. The van der Waals surface area contributed by atoms with Gasteiger partial charge >= 0.3 is 0 Å². The first-order valence-electron chi connectivity index (χ1n) is 10.3. The second-order valence-electron chi connectivity index (χ2n) is 7.98. The van der Waals surface area contributed by atoms with Crippen molar-refractivity contribution in [3.8, 4) is 0 Å². The van der Waals surface area contributed by atoms with E-state index in [1.165, 1.54) is 41.9 Å². The van der Waals surface area contributed by atoms with Gasteiger partial charge in [-0.1, -0.05) is 18.6 Å². The number of likely N-dealkylation sites (tertiary alicyclic amines) is 1. The molecule has 0 bridgehead atoms. The topological polar surface area (TPSA) is 52.7 Å². The Morgan fingerprint density at radius 2 is 1.76 bits per heavy atom. The van der Waals surface area contributed by atoms with Crippen LogP contribution in [0.3, 0.4) is 0 Å². The van der Waals surface area contributed by atoms with E-state index in [2.05, 4.69) is 39.8 Å². The van der Waals surface area contributed by atoms with E-state index in [0.29, 0.717) is 6.54 Å². The molecule has 2 heterocycles. The number of likely N-dealkylation sites (N-methyl/N-ethyl adjacent to an activating group) is 1. The van der Waals surface area contributed by atoms with Crippen molar-refractivity contribution in [2.75, 3.05) is 38.1 Å². The Hall–Kier alpha value is -1.96. The highest BCUT2D eigenvalue weighted by Gasteiger charge is 2.26. The molecule has 0 amide bonds. The lowest BCUT2D eigenvalue weighted by atomic mass is 9.99. The first-order chi connectivity index (χ1) is 13.9. The minimum atomic E-state index is -3.69. The van der Waals surface area contributed by atoms with E-state index in [4.69, 9.17) is 0 Å². The maximum atomic E-state index is 13.2. The average molecular weight is 418 g/mol. The smallest absolute Gasteiger partial charge is 0.240 e. The molecule has 7 heteroatoms. The predicted molar refractivity (Wildman–Crippen MR) is 113 cm³/mol. The molecule has 0 spiro atoms. The molecular formula is C22H28FN3O2S. The number of benzene rings is 2. The van der Waals surface area contributed by atoms with Gasteiger partial charge in [-0.2, -0.15) is 0 Å². The Bertz CT molecular complexity index is 957. The minimum absolute atomic E-state index is 0.0123. The number of rotatable bonds is 6. The van der Waals surface area contributed by atoms with Crippen molar-refractivity contribution < 1.29 is 12.8 Å². The van der Waals surface area contributed by atoms with Gasteiger partial charge in [0.05, 0.1) is 4.90 Å². The molecule has 2 aliphatic rings. The monoisotopic (exact) mass is 417 g/mol. The van der Waals surface area contributed by atoms with Gasteiger partial charge in [0.1, 0.15) is 5.82 Å². The molecule has 0 radical (unpaired) electrons. The van der Waals surface area contributed by atoms with E-state index in [1.54, 1.807) is 0 Å². The molecular weight excluding hydrogens is 389 g/mol. The molecule has 2 aliphatic heterocycles. The highest BCUT2D eigenvalue weighted by Crippen LogP contribution is 2.32. The molecule has 1 fully saturated rings. The number of sulfonamides is 1. The fourth-order valence-electron chi connectivity index (χ4n) is 4.37. The van der Waals surface area contributed by atoms with Crippen LogP contribution in [-0.2, 0) is 16.4 Å². The van der Waals surface area contributed by atoms with Gasteiger partial charge in [-0.15, -0.1) is 0 Å². The van der Waals surface area contributed by atoms with Crippen LogP contribution in [0.15, 0.2) is 47.4 Å². The lowest BCUT2D eigenvalue weighted by Gasteiger charge is -2.35. The Labute approximate surface area is 172 Å². The van der Waals surface area contributed by atoms with Crippen LogP contribution < -0.4 is 9.62 Å². The number of halogens is 1. The van der Waals surface area contributed by atoms with Gasteiger partial charge in [0, 0.05) is 31.9 Å². The first kappa shape index (κ1) is 20.3. The van der Waals surface area contributed by atoms with Crippen LogP contribution in [-0.4, -0.2) is 46.5 Å². The highest BCUT2D eigenvalue weighted by molar-refractivity contribution is 7.89. The van der Waals surface area contributed by atoms with Crippen molar-refractivity contribution in [3.63, 3.8) is 0 Å². The molecule has 0 unspecified atom stereocenters. The van der Waals surface area contributed by atoms with Gasteiger partial charge in [0.15, 0.2) is 0 Å². The number of anilines is 1. The molecule has 5 nitrogen and oxygen atoms in total. The third kappa shape index (κ3) is 4.47. The number of piperidine rings is 1. The zero-order valence-corrected chi connectivity index (χ0v) is 17.6. The highest BCUT2D eigenvalue weighted by atomic mass is 32.2. The zero-order chi connectivity index (χ0) is 20.4. The number of fused-ring (bicyclic) bond motifs is 1. The van der Waals surface area contributed by atoms with Crippen molar-refractivity contribution in [1.29, 1.82) is 0 Å². The fourth-order valence-corrected chi connectivity index (χ4v) is 5.41. The van der Waals surface area contributed by atoms with Gasteiger partial charge in [-0.3, -0.25) is 4.90 Å². The van der Waals surface area contributed by atoms with E-state index in [9.17, 15) is 12.8 Å². The summed E-state index contributed by atoms with van der Waals surface area (Å²) in [5.74, 6) is -0.446. The van der Waals surface area contributed by atoms with E-state index < -0.39 is 15.8 Å². The zero-order valence-electron chi connectivity index (χ0n) is 16.8. The molecule has 1 N–H and O–H groups in total. The number of nitrogens with zero attached hydrogens (tertiary/aromatic N) is 2. The van der Waals surface area contributed by atoms with Crippen molar-refractivity contribution in [2.45, 2.75) is 36.6 Å². The maximum Gasteiger partial charge on any atom is 0.240 e. The largest absolute Gasteiger partial charge is 0.374 e. The van der Waals surface area contributed by atoms with Crippen LogP contribution in [0.4, 0.5) is 10.1 Å². The second-order valence-corrected chi connectivity index (χ2v) is 9.74. The normalized spacial score (nSPS) is 18.6. The average Bonchev–Trinajstić information content (AvgIpc) is 3.09. The number of hydrogen-bond acceptors (Lipinski definition) is 4. The summed E-state index contributed by atoms with van der Waals surface area (Å²) in [5, 5.41) is 0. The second kappa shape index (κ2) is 8.42. The van der Waals surface area contributed by atoms with E-state index in [1.807, 2.05) is 0 Å². The van der Waals surface area contributed by atoms with Crippen LogP contribution in [0.2, 0.25) is 0 Å². The van der Waals surface area contributed by atoms with Crippen LogP contribution in [0.5, 0.6) is 0 Å². The van der Waals surface area contributed by atoms with Crippen LogP contribution in [0.1, 0.15) is 36.4 Å². The number of hydrogen-bond donors (Lipinski definition) is 1. The van der Waals surface area contributed by atoms with Crippen LogP contribution in [0, 0.1) is 5.82 Å². The van der Waals surface area contributed by atoms with E-state index >= 15 is 0 Å². The third-order valence-corrected chi connectivity index (χ3v) is 7.48. The quantitative estimate of drug-likeness (QED) is 0.783. The summed E-state index contributed by atoms with van der Waals surface area (Å²) >= 11 is 0. The SMILES string of the molecule is CN1CCc2cc([C@H](CNS(=O)(=O)c3ccc(F)cc3)N3CCCCC3)ccc21. The lowest BCUT2D eigenvalue weighted by Crippen LogP contribution is -2.40. The van der Waals surface area contributed by atoms with E-state index in [-0.39, 0.29) is 10.9 Å². The molecule has 2 aromatic rings. The predicted octanol–water partition coefficient (Wildman–Crippen LogP) is 3.32. The fraction of sp³-hybridized carbons (Fsp3) is 0.455. The molecule has 0 saturated carbocycles. The van der Waals surface area contributed by atoms with Gasteiger partial charge in [0.2, 0.25) is 10.0 Å². The van der Waals surface area contributed by atoms with Crippen LogP contribution >= 0.6 is 0 Å². The van der Waals surface area contributed by atoms with Crippen LogP contribution in [0.25, 0.3) is 0 Å². The van der Waals surface area contributed by atoms with Crippen molar-refractivity contribution in [2.24, 2.45) is 0 Å². The van der Waals surface area contributed by atoms with Crippen molar-refractivity contribution >= 4 is 15.7 Å². The number of nitrogens with one attached hydrogen (secondary N) is 1. The van der Waals surface area contributed by atoms with Gasteiger partial charge < -0.3 is 4.90 Å². The Morgan fingerprint density at radius 1 is 1.03 bits per heavy atom. The summed E-state index contributed by atoms with van der Waals surface area (Å²) < 4.78 is 41.4. The standard InChI is InChI=1S/C22H28FN3O2S/c1-25-14-11-18-15-17(5-10-21(18)25)22(26-12-3-2-4-13-26)16-24-29(27,28)20-8-6-19(23)7-9-20/h5-10,15,22,24H,2-4,11-14,16H2,1H3/t22-/m0/s1. The summed E-state index contributed by atoms with van der Waals surface area (Å²) in [5.41, 5.74) is 3.74. The summed E-state index contributed by atoms with van der Waals surface area (Å²) in [6.07, 6.45) is 4.51. The van der Waals surface area contributed by atoms with Crippen molar-refractivity contribution in [1.82, 2.24) is 9.62 Å². The van der Waals surface area contributed by atoms with Gasteiger partial charge in [0.25, 0.3) is 0 Å². The minimum Gasteiger partial charge on any atom is -0.374 e. The molecule has 156 valence electrons. The molecule has 1 saturated heterocycles. The lowest BCUT2D eigenvalue weighted by molar-refractivity contribution is 0.164. The van der Waals surface area contributed by atoms with Crippen molar-refractivity contribution in [3.05, 3.63) is 59.4 Å².